The zero-order chi connectivity index (χ0) is 12.3. The van der Waals surface area contributed by atoms with Crippen molar-refractivity contribution in [3.63, 3.8) is 0 Å². The summed E-state index contributed by atoms with van der Waals surface area (Å²) < 4.78 is 0. The van der Waals surface area contributed by atoms with E-state index in [4.69, 9.17) is 5.26 Å². The fourth-order valence-corrected chi connectivity index (χ4v) is 2.58. The molecule has 3 heteroatoms. The molecule has 1 aromatic carbocycles. The lowest BCUT2D eigenvalue weighted by Gasteiger charge is -2.27. The van der Waals surface area contributed by atoms with E-state index in [2.05, 4.69) is 11.0 Å². The SMILES string of the molecule is CN(Cc1cccc(C#N)c1)[C@@H]1CCC[C@H]1O. The molecule has 1 N–H and O–H groups in total. The average Bonchev–Trinajstić information content (AvgIpc) is 2.76. The van der Waals surface area contributed by atoms with Gasteiger partial charge in [-0.2, -0.15) is 5.26 Å². The minimum Gasteiger partial charge on any atom is -0.391 e. The van der Waals surface area contributed by atoms with E-state index in [1.54, 1.807) is 0 Å². The molecule has 0 amide bonds. The Hall–Kier alpha value is -1.37. The van der Waals surface area contributed by atoms with Crippen molar-refractivity contribution in [2.75, 3.05) is 7.05 Å². The van der Waals surface area contributed by atoms with Gasteiger partial charge in [-0.1, -0.05) is 12.1 Å². The third-order valence-electron chi connectivity index (χ3n) is 3.50. The Morgan fingerprint density at radius 1 is 1.47 bits per heavy atom. The van der Waals surface area contributed by atoms with Crippen LogP contribution >= 0.6 is 0 Å². The number of likely N-dealkylation sites (N-methyl/N-ethyl adjacent to an activating group) is 1. The predicted molar refractivity (Wildman–Crippen MR) is 66.3 cm³/mol. The van der Waals surface area contributed by atoms with Crippen molar-refractivity contribution < 1.29 is 5.11 Å². The molecule has 1 aliphatic rings. The van der Waals surface area contributed by atoms with E-state index in [1.165, 1.54) is 0 Å². The van der Waals surface area contributed by atoms with Gasteiger partial charge in [-0.25, -0.2) is 0 Å². The molecule has 17 heavy (non-hydrogen) atoms. The van der Waals surface area contributed by atoms with Gasteiger partial charge in [0.15, 0.2) is 0 Å². The maximum absolute atomic E-state index is 9.84. The average molecular weight is 230 g/mol. The molecule has 0 spiro atoms. The van der Waals surface area contributed by atoms with Crippen molar-refractivity contribution in [3.8, 4) is 6.07 Å². The highest BCUT2D eigenvalue weighted by Crippen LogP contribution is 2.24. The monoisotopic (exact) mass is 230 g/mol. The van der Waals surface area contributed by atoms with E-state index in [1.807, 2.05) is 31.3 Å². The summed E-state index contributed by atoms with van der Waals surface area (Å²) in [7, 11) is 2.04. The van der Waals surface area contributed by atoms with Crippen LogP contribution in [0.25, 0.3) is 0 Å². The van der Waals surface area contributed by atoms with Gasteiger partial charge in [-0.15, -0.1) is 0 Å². The van der Waals surface area contributed by atoms with Crippen LogP contribution in [0.1, 0.15) is 30.4 Å². The van der Waals surface area contributed by atoms with Crippen LogP contribution in [-0.2, 0) is 6.54 Å². The Kier molecular flexibility index (Phi) is 3.78. The molecule has 0 bridgehead atoms. The minimum atomic E-state index is -0.195. The van der Waals surface area contributed by atoms with E-state index in [0.29, 0.717) is 5.56 Å². The van der Waals surface area contributed by atoms with E-state index >= 15 is 0 Å². The topological polar surface area (TPSA) is 47.3 Å². The van der Waals surface area contributed by atoms with Crippen molar-refractivity contribution in [2.24, 2.45) is 0 Å². The lowest BCUT2D eigenvalue weighted by Crippen LogP contribution is -2.36. The summed E-state index contributed by atoms with van der Waals surface area (Å²) in [4.78, 5) is 2.19. The normalized spacial score (nSPS) is 23.9. The first-order valence-corrected chi connectivity index (χ1v) is 6.08. The van der Waals surface area contributed by atoms with Crippen LogP contribution in [0.4, 0.5) is 0 Å². The highest BCUT2D eigenvalue weighted by Gasteiger charge is 2.28. The van der Waals surface area contributed by atoms with E-state index < -0.39 is 0 Å². The van der Waals surface area contributed by atoms with Crippen LogP contribution in [0.2, 0.25) is 0 Å². The summed E-state index contributed by atoms with van der Waals surface area (Å²) in [6.07, 6.45) is 2.89. The Morgan fingerprint density at radius 2 is 2.29 bits per heavy atom. The lowest BCUT2D eigenvalue weighted by molar-refractivity contribution is 0.0825. The molecule has 90 valence electrons. The molecular weight excluding hydrogens is 212 g/mol. The number of nitrogens with zero attached hydrogens (tertiary/aromatic N) is 2. The standard InChI is InChI=1S/C14H18N2O/c1-16(13-6-3-7-14(13)17)10-12-5-2-4-11(8-12)9-15/h2,4-5,8,13-14,17H,3,6-7,10H2,1H3/t13-,14-/m1/s1. The van der Waals surface area contributed by atoms with Crippen LogP contribution in [0.3, 0.4) is 0 Å². The number of benzene rings is 1. The van der Waals surface area contributed by atoms with Crippen LogP contribution in [0.5, 0.6) is 0 Å². The first-order valence-electron chi connectivity index (χ1n) is 6.08. The lowest BCUT2D eigenvalue weighted by atomic mass is 10.1. The van der Waals surface area contributed by atoms with Crippen LogP contribution < -0.4 is 0 Å². The van der Waals surface area contributed by atoms with Gasteiger partial charge in [0.25, 0.3) is 0 Å². The van der Waals surface area contributed by atoms with Gasteiger partial charge in [0, 0.05) is 12.6 Å². The molecule has 0 radical (unpaired) electrons. The van der Waals surface area contributed by atoms with Gasteiger partial charge in [0.05, 0.1) is 17.7 Å². The van der Waals surface area contributed by atoms with Gasteiger partial charge in [0.1, 0.15) is 0 Å². The van der Waals surface area contributed by atoms with Gasteiger partial charge in [-0.3, -0.25) is 4.90 Å². The fraction of sp³-hybridized carbons (Fsp3) is 0.500. The summed E-state index contributed by atoms with van der Waals surface area (Å²) in [6.45, 7) is 0.789. The molecule has 1 aromatic rings. The van der Waals surface area contributed by atoms with Crippen molar-refractivity contribution in [1.29, 1.82) is 5.26 Å². The quantitative estimate of drug-likeness (QED) is 0.862. The third kappa shape index (κ3) is 2.85. The second-order valence-corrected chi connectivity index (χ2v) is 4.79. The number of aliphatic hydroxyl groups excluding tert-OH is 1. The smallest absolute Gasteiger partial charge is 0.0991 e. The number of aliphatic hydroxyl groups is 1. The van der Waals surface area contributed by atoms with Crippen LogP contribution in [0.15, 0.2) is 24.3 Å². The summed E-state index contributed by atoms with van der Waals surface area (Å²) in [6, 6.07) is 10.1. The second-order valence-electron chi connectivity index (χ2n) is 4.79. The minimum absolute atomic E-state index is 0.195. The summed E-state index contributed by atoms with van der Waals surface area (Å²) >= 11 is 0. The van der Waals surface area contributed by atoms with E-state index in [-0.39, 0.29) is 12.1 Å². The highest BCUT2D eigenvalue weighted by molar-refractivity contribution is 5.32. The van der Waals surface area contributed by atoms with Crippen LogP contribution in [-0.4, -0.2) is 29.2 Å². The number of rotatable bonds is 3. The number of hydrogen-bond donors (Lipinski definition) is 1. The molecule has 0 unspecified atom stereocenters. The molecule has 2 atom stereocenters. The largest absolute Gasteiger partial charge is 0.391 e. The number of nitriles is 1. The van der Waals surface area contributed by atoms with Gasteiger partial charge < -0.3 is 5.11 Å². The molecular formula is C14H18N2O. The molecule has 3 nitrogen and oxygen atoms in total. The molecule has 0 aromatic heterocycles. The number of hydrogen-bond acceptors (Lipinski definition) is 3. The Labute approximate surface area is 102 Å². The fourth-order valence-electron chi connectivity index (χ4n) is 2.58. The molecule has 1 aliphatic carbocycles. The first kappa shape index (κ1) is 12.1. The molecule has 2 rings (SSSR count). The summed E-state index contributed by atoms with van der Waals surface area (Å²) in [5.41, 5.74) is 1.83. The third-order valence-corrected chi connectivity index (χ3v) is 3.50. The highest BCUT2D eigenvalue weighted by atomic mass is 16.3. The van der Waals surface area contributed by atoms with Crippen LogP contribution in [0, 0.1) is 11.3 Å². The molecule has 0 aliphatic heterocycles. The van der Waals surface area contributed by atoms with Gasteiger partial charge >= 0.3 is 0 Å². The van der Waals surface area contributed by atoms with Gasteiger partial charge in [0.2, 0.25) is 0 Å². The zero-order valence-electron chi connectivity index (χ0n) is 10.1. The van der Waals surface area contributed by atoms with E-state index in [9.17, 15) is 5.11 Å². The predicted octanol–water partition coefficient (Wildman–Crippen LogP) is 1.90. The Morgan fingerprint density at radius 3 is 2.94 bits per heavy atom. The van der Waals surface area contributed by atoms with Crippen molar-refractivity contribution in [1.82, 2.24) is 4.90 Å². The molecule has 1 fully saturated rings. The molecule has 0 saturated heterocycles. The van der Waals surface area contributed by atoms with Crippen molar-refractivity contribution in [2.45, 2.75) is 38.0 Å². The summed E-state index contributed by atoms with van der Waals surface area (Å²) in [5, 5.41) is 18.7. The molecule has 0 heterocycles. The van der Waals surface area contributed by atoms with Gasteiger partial charge in [-0.05, 0) is 44.0 Å². The van der Waals surface area contributed by atoms with Crippen molar-refractivity contribution >= 4 is 0 Å². The Bertz CT molecular complexity index is 424. The maximum Gasteiger partial charge on any atom is 0.0991 e. The Balaban J connectivity index is 2.02. The summed E-state index contributed by atoms with van der Waals surface area (Å²) in [5.74, 6) is 0. The molecule has 1 saturated carbocycles. The zero-order valence-corrected chi connectivity index (χ0v) is 10.1. The van der Waals surface area contributed by atoms with Crippen molar-refractivity contribution in [3.05, 3.63) is 35.4 Å². The maximum atomic E-state index is 9.84. The van der Waals surface area contributed by atoms with E-state index in [0.717, 1.165) is 31.4 Å². The second kappa shape index (κ2) is 5.31. The first-order chi connectivity index (χ1) is 8.20.